The van der Waals surface area contributed by atoms with Gasteiger partial charge in [0.1, 0.15) is 4.70 Å². The van der Waals surface area contributed by atoms with Crippen molar-refractivity contribution in [3.8, 4) is 0 Å². The monoisotopic (exact) mass is 485 g/mol. The highest BCUT2D eigenvalue weighted by Crippen LogP contribution is 2.26. The van der Waals surface area contributed by atoms with E-state index in [9.17, 15) is 9.59 Å². The van der Waals surface area contributed by atoms with Gasteiger partial charge in [-0.1, -0.05) is 23.7 Å². The summed E-state index contributed by atoms with van der Waals surface area (Å²) in [7, 11) is 0. The Kier molecular flexibility index (Phi) is 6.55. The molecule has 0 aliphatic carbocycles. The average Bonchev–Trinajstić information content (AvgIpc) is 3.33. The van der Waals surface area contributed by atoms with Crippen molar-refractivity contribution in [2.24, 2.45) is 0 Å². The second kappa shape index (κ2) is 9.73. The predicted molar refractivity (Wildman–Crippen MR) is 135 cm³/mol. The summed E-state index contributed by atoms with van der Waals surface area (Å²) in [5.41, 5.74) is 1.73. The largest absolute Gasteiger partial charge is 0.367 e. The third-order valence-electron chi connectivity index (χ3n) is 6.56. The number of amides is 1. The van der Waals surface area contributed by atoms with E-state index < -0.39 is 0 Å². The molecule has 1 amide bonds. The van der Waals surface area contributed by atoms with E-state index in [0.29, 0.717) is 36.7 Å². The number of rotatable bonds is 5. The number of nitrogens with zero attached hydrogens (tertiary/aromatic N) is 5. The summed E-state index contributed by atoms with van der Waals surface area (Å²) in [5.74, 6) is 0.790. The van der Waals surface area contributed by atoms with Crippen molar-refractivity contribution in [1.29, 1.82) is 0 Å². The fourth-order valence-electron chi connectivity index (χ4n) is 4.74. The maximum absolute atomic E-state index is 13.2. The lowest BCUT2D eigenvalue weighted by atomic mass is 10.1. The van der Waals surface area contributed by atoms with Crippen LogP contribution in [0.25, 0.3) is 10.2 Å². The number of benzene rings is 1. The minimum Gasteiger partial charge on any atom is -0.367 e. The van der Waals surface area contributed by atoms with Crippen molar-refractivity contribution >= 4 is 50.7 Å². The van der Waals surface area contributed by atoms with E-state index in [1.165, 1.54) is 17.8 Å². The maximum Gasteiger partial charge on any atom is 0.272 e. The number of piperazine rings is 1. The van der Waals surface area contributed by atoms with Crippen LogP contribution in [-0.2, 0) is 11.3 Å². The van der Waals surface area contributed by atoms with E-state index in [0.717, 1.165) is 55.2 Å². The highest BCUT2D eigenvalue weighted by molar-refractivity contribution is 7.17. The molecule has 2 saturated heterocycles. The van der Waals surface area contributed by atoms with Crippen LogP contribution >= 0.6 is 22.9 Å². The molecule has 1 aromatic carbocycles. The summed E-state index contributed by atoms with van der Waals surface area (Å²) < 4.78 is 2.39. The first-order valence-electron chi connectivity index (χ1n) is 11.6. The normalized spacial score (nSPS) is 17.1. The molecule has 5 rings (SSSR count). The van der Waals surface area contributed by atoms with E-state index in [4.69, 9.17) is 16.6 Å². The minimum atomic E-state index is -0.0353. The van der Waals surface area contributed by atoms with Crippen molar-refractivity contribution in [1.82, 2.24) is 14.5 Å². The number of hydrogen-bond acceptors (Lipinski definition) is 6. The molecule has 0 bridgehead atoms. The standard InChI is InChI=1S/C24H28ClN5O2S/c25-18-6-2-3-7-20(18)27-13-15-28(16-14-27)21(31)8-12-30-23(32)22-19(9-17-33-22)26-24(30)29-10-4-1-5-11-29/h2-3,6-7,9,17H,1,4-5,8,10-16H2. The van der Waals surface area contributed by atoms with Crippen molar-refractivity contribution in [2.45, 2.75) is 32.2 Å². The number of piperidine rings is 1. The fraction of sp³-hybridized carbons (Fsp3) is 0.458. The van der Waals surface area contributed by atoms with E-state index in [-0.39, 0.29) is 11.5 Å². The van der Waals surface area contributed by atoms with Crippen LogP contribution in [0.1, 0.15) is 25.7 Å². The summed E-state index contributed by atoms with van der Waals surface area (Å²) in [6.07, 6.45) is 3.71. The maximum atomic E-state index is 13.2. The Labute approximate surface area is 202 Å². The first kappa shape index (κ1) is 22.2. The number of aromatic nitrogens is 2. The number of anilines is 2. The van der Waals surface area contributed by atoms with Gasteiger partial charge in [-0.05, 0) is 42.8 Å². The van der Waals surface area contributed by atoms with E-state index in [2.05, 4.69) is 9.80 Å². The van der Waals surface area contributed by atoms with Gasteiger partial charge in [-0.25, -0.2) is 4.98 Å². The van der Waals surface area contributed by atoms with Crippen LogP contribution in [0, 0.1) is 0 Å². The molecule has 0 atom stereocenters. The summed E-state index contributed by atoms with van der Waals surface area (Å²) in [5, 5.41) is 2.64. The third-order valence-corrected chi connectivity index (χ3v) is 7.77. The van der Waals surface area contributed by atoms with Gasteiger partial charge in [0.05, 0.1) is 16.2 Å². The molecule has 174 valence electrons. The molecule has 3 aromatic rings. The van der Waals surface area contributed by atoms with Gasteiger partial charge in [-0.3, -0.25) is 14.2 Å². The molecular weight excluding hydrogens is 458 g/mol. The van der Waals surface area contributed by atoms with Crippen LogP contribution in [0.2, 0.25) is 5.02 Å². The summed E-state index contributed by atoms with van der Waals surface area (Å²) in [4.78, 5) is 37.4. The molecule has 2 aromatic heterocycles. The lowest BCUT2D eigenvalue weighted by Gasteiger charge is -2.36. The molecular formula is C24H28ClN5O2S. The molecule has 0 spiro atoms. The smallest absolute Gasteiger partial charge is 0.272 e. The Balaban J connectivity index is 1.28. The van der Waals surface area contributed by atoms with Crippen molar-refractivity contribution < 1.29 is 4.79 Å². The summed E-state index contributed by atoms with van der Waals surface area (Å²) in [6.45, 7) is 4.96. The van der Waals surface area contributed by atoms with Gasteiger partial charge in [0.15, 0.2) is 0 Å². The van der Waals surface area contributed by atoms with Gasteiger partial charge >= 0.3 is 0 Å². The fourth-order valence-corrected chi connectivity index (χ4v) is 5.77. The predicted octanol–water partition coefficient (Wildman–Crippen LogP) is 3.84. The number of carbonyl (C=O) groups excluding carboxylic acids is 1. The highest BCUT2D eigenvalue weighted by Gasteiger charge is 2.24. The number of halogens is 1. The van der Waals surface area contributed by atoms with Crippen molar-refractivity contribution in [2.75, 3.05) is 49.1 Å². The van der Waals surface area contributed by atoms with Crippen LogP contribution in [0.5, 0.6) is 0 Å². The first-order chi connectivity index (χ1) is 16.1. The number of hydrogen-bond donors (Lipinski definition) is 0. The number of carbonyl (C=O) groups is 1. The lowest BCUT2D eigenvalue weighted by molar-refractivity contribution is -0.131. The topological polar surface area (TPSA) is 61.7 Å². The van der Waals surface area contributed by atoms with Gasteiger partial charge in [0.25, 0.3) is 5.56 Å². The van der Waals surface area contributed by atoms with Crippen LogP contribution in [0.3, 0.4) is 0 Å². The zero-order valence-corrected chi connectivity index (χ0v) is 20.2. The van der Waals surface area contributed by atoms with Crippen LogP contribution in [-0.4, -0.2) is 59.6 Å². The van der Waals surface area contributed by atoms with Crippen LogP contribution < -0.4 is 15.4 Å². The van der Waals surface area contributed by atoms with Gasteiger partial charge in [-0.2, -0.15) is 0 Å². The SMILES string of the molecule is O=C(CCn1c(N2CCCCC2)nc2ccsc2c1=O)N1CCN(c2ccccc2Cl)CC1. The Morgan fingerprint density at radius 3 is 2.48 bits per heavy atom. The first-order valence-corrected chi connectivity index (χ1v) is 12.9. The molecule has 7 nitrogen and oxygen atoms in total. The zero-order valence-electron chi connectivity index (χ0n) is 18.6. The Morgan fingerprint density at radius 2 is 1.73 bits per heavy atom. The molecule has 2 aliphatic heterocycles. The number of thiophene rings is 1. The average molecular weight is 486 g/mol. The molecule has 0 radical (unpaired) electrons. The second-order valence-electron chi connectivity index (χ2n) is 8.62. The molecule has 4 heterocycles. The van der Waals surface area contributed by atoms with Crippen molar-refractivity contribution in [3.05, 3.63) is 51.1 Å². The number of para-hydroxylation sites is 1. The number of fused-ring (bicyclic) bond motifs is 1. The lowest BCUT2D eigenvalue weighted by Crippen LogP contribution is -2.49. The van der Waals surface area contributed by atoms with E-state index in [1.54, 1.807) is 4.57 Å². The molecule has 2 aliphatic rings. The molecule has 0 unspecified atom stereocenters. The summed E-state index contributed by atoms with van der Waals surface area (Å²) >= 11 is 7.76. The van der Waals surface area contributed by atoms with Gasteiger partial charge in [-0.15, -0.1) is 11.3 Å². The van der Waals surface area contributed by atoms with Gasteiger partial charge in [0, 0.05) is 52.2 Å². The summed E-state index contributed by atoms with van der Waals surface area (Å²) in [6, 6.07) is 9.72. The zero-order chi connectivity index (χ0) is 22.8. The van der Waals surface area contributed by atoms with Crippen LogP contribution in [0.4, 0.5) is 11.6 Å². The molecule has 0 saturated carbocycles. The minimum absolute atomic E-state index is 0.0353. The van der Waals surface area contributed by atoms with Gasteiger partial charge < -0.3 is 14.7 Å². The Bertz CT molecular complexity index is 1200. The van der Waals surface area contributed by atoms with E-state index in [1.807, 2.05) is 40.6 Å². The third kappa shape index (κ3) is 4.59. The second-order valence-corrected chi connectivity index (χ2v) is 9.94. The van der Waals surface area contributed by atoms with Crippen LogP contribution in [0.15, 0.2) is 40.5 Å². The van der Waals surface area contributed by atoms with Crippen molar-refractivity contribution in [3.63, 3.8) is 0 Å². The quantitative estimate of drug-likeness (QED) is 0.549. The van der Waals surface area contributed by atoms with Gasteiger partial charge in [0.2, 0.25) is 11.9 Å². The Morgan fingerprint density at radius 1 is 0.970 bits per heavy atom. The Hall–Kier alpha value is -2.58. The molecule has 0 N–H and O–H groups in total. The molecule has 2 fully saturated rings. The molecule has 33 heavy (non-hydrogen) atoms. The van der Waals surface area contributed by atoms with E-state index >= 15 is 0 Å². The highest BCUT2D eigenvalue weighted by atomic mass is 35.5. The molecule has 9 heteroatoms.